The van der Waals surface area contributed by atoms with Gasteiger partial charge in [-0.05, 0) is 44.4 Å². The molecule has 3 nitrogen and oxygen atoms in total. The van der Waals surface area contributed by atoms with Crippen LogP contribution in [0.5, 0.6) is 0 Å². The number of ether oxygens (including phenoxy) is 2. The fourth-order valence-corrected chi connectivity index (χ4v) is 3.99. The summed E-state index contributed by atoms with van der Waals surface area (Å²) in [5.74, 6) is 0.889. The maximum Gasteiger partial charge on any atom is 0.306 e. The number of esters is 1. The third-order valence-electron chi connectivity index (χ3n) is 5.04. The van der Waals surface area contributed by atoms with E-state index in [4.69, 9.17) is 9.47 Å². The summed E-state index contributed by atoms with van der Waals surface area (Å²) >= 11 is 0. The number of hydrogen-bond donors (Lipinski definition) is 0. The van der Waals surface area contributed by atoms with Gasteiger partial charge >= 0.3 is 5.97 Å². The zero-order valence-corrected chi connectivity index (χ0v) is 12.9. The lowest BCUT2D eigenvalue weighted by molar-refractivity contribution is -0.161. The molecule has 116 valence electrons. The number of allylic oxidation sites excluding steroid dienone is 3. The molecular formula is C18H26O3. The molecule has 4 bridgehead atoms. The van der Waals surface area contributed by atoms with Crippen LogP contribution in [0.3, 0.4) is 0 Å². The Bertz CT molecular complexity index is 426. The topological polar surface area (TPSA) is 35.5 Å². The van der Waals surface area contributed by atoms with Crippen LogP contribution in [-0.4, -0.2) is 24.3 Å². The highest BCUT2D eigenvalue weighted by Gasteiger charge is 2.54. The zero-order chi connectivity index (χ0) is 14.7. The standard InChI is InChI=1S/C18H26O3/c1-2-15-14-12-16-18(21-15)13(14)10-8-6-4-3-5-7-9-11-17(19)20-16/h3-4,8,10,13-16,18H,2,5-7,9,11-12H2,1H3/b4-3-,10-8-/t13-,14+,15-,16+,18-/m0/s1. The molecule has 0 aromatic carbocycles. The molecule has 1 saturated carbocycles. The van der Waals surface area contributed by atoms with Gasteiger partial charge in [0, 0.05) is 12.3 Å². The summed E-state index contributed by atoms with van der Waals surface area (Å²) in [5.41, 5.74) is 0. The van der Waals surface area contributed by atoms with Crippen LogP contribution in [0.4, 0.5) is 0 Å². The zero-order valence-electron chi connectivity index (χ0n) is 12.9. The third-order valence-corrected chi connectivity index (χ3v) is 5.04. The van der Waals surface area contributed by atoms with Gasteiger partial charge in [-0.25, -0.2) is 0 Å². The predicted octanol–water partition coefficient (Wildman–Crippen LogP) is 3.79. The van der Waals surface area contributed by atoms with Crippen LogP contribution in [0.15, 0.2) is 24.3 Å². The summed E-state index contributed by atoms with van der Waals surface area (Å²) in [4.78, 5) is 12.0. The highest BCUT2D eigenvalue weighted by atomic mass is 16.6. The minimum Gasteiger partial charge on any atom is -0.460 e. The smallest absolute Gasteiger partial charge is 0.306 e. The van der Waals surface area contributed by atoms with Crippen LogP contribution in [0.1, 0.15) is 51.9 Å². The number of carbonyl (C=O) groups excluding carboxylic acids is 1. The van der Waals surface area contributed by atoms with Crippen molar-refractivity contribution in [1.29, 1.82) is 0 Å². The van der Waals surface area contributed by atoms with Crippen LogP contribution < -0.4 is 0 Å². The molecule has 0 amide bonds. The van der Waals surface area contributed by atoms with Gasteiger partial charge < -0.3 is 9.47 Å². The molecule has 21 heavy (non-hydrogen) atoms. The lowest BCUT2D eigenvalue weighted by Crippen LogP contribution is -2.34. The summed E-state index contributed by atoms with van der Waals surface area (Å²) in [6, 6.07) is 0. The molecular weight excluding hydrogens is 264 g/mol. The Morgan fingerprint density at radius 3 is 3.00 bits per heavy atom. The van der Waals surface area contributed by atoms with Crippen molar-refractivity contribution in [1.82, 2.24) is 0 Å². The van der Waals surface area contributed by atoms with Gasteiger partial charge in [0.1, 0.15) is 12.2 Å². The fourth-order valence-electron chi connectivity index (χ4n) is 3.99. The molecule has 1 aliphatic carbocycles. The van der Waals surface area contributed by atoms with E-state index in [1.807, 2.05) is 0 Å². The van der Waals surface area contributed by atoms with Crippen molar-refractivity contribution < 1.29 is 14.3 Å². The van der Waals surface area contributed by atoms with Gasteiger partial charge in [0.25, 0.3) is 0 Å². The second kappa shape index (κ2) is 6.78. The summed E-state index contributed by atoms with van der Waals surface area (Å²) in [7, 11) is 0. The maximum atomic E-state index is 12.0. The first kappa shape index (κ1) is 14.8. The van der Waals surface area contributed by atoms with Crippen LogP contribution in [0.25, 0.3) is 0 Å². The Kier molecular flexibility index (Phi) is 4.79. The molecule has 3 rings (SSSR count). The molecule has 0 spiro atoms. The van der Waals surface area contributed by atoms with Crippen LogP contribution in [-0.2, 0) is 14.3 Å². The lowest BCUT2D eigenvalue weighted by Gasteiger charge is -2.27. The van der Waals surface area contributed by atoms with E-state index in [0.29, 0.717) is 24.4 Å². The van der Waals surface area contributed by atoms with Gasteiger partial charge in [-0.2, -0.15) is 0 Å². The fraction of sp³-hybridized carbons (Fsp3) is 0.722. The van der Waals surface area contributed by atoms with E-state index in [9.17, 15) is 4.79 Å². The Balaban J connectivity index is 1.73. The lowest BCUT2D eigenvalue weighted by atomic mass is 9.91. The van der Waals surface area contributed by atoms with Crippen molar-refractivity contribution >= 4 is 5.97 Å². The Labute approximate surface area is 127 Å². The van der Waals surface area contributed by atoms with E-state index in [2.05, 4.69) is 31.2 Å². The maximum absolute atomic E-state index is 12.0. The Morgan fingerprint density at radius 1 is 1.24 bits per heavy atom. The van der Waals surface area contributed by atoms with Crippen LogP contribution >= 0.6 is 0 Å². The van der Waals surface area contributed by atoms with Crippen molar-refractivity contribution in [2.75, 3.05) is 0 Å². The SMILES string of the molecule is CC[C@@H]1O[C@H]2[C@H]3/C=C\C/C=C\CCCCC(=O)O[C@@H]2C[C@H]31. The first-order valence-corrected chi connectivity index (χ1v) is 8.46. The average molecular weight is 290 g/mol. The minimum absolute atomic E-state index is 0.0292. The van der Waals surface area contributed by atoms with Gasteiger partial charge in [-0.1, -0.05) is 31.2 Å². The molecule has 2 fully saturated rings. The minimum atomic E-state index is -0.0482. The van der Waals surface area contributed by atoms with Gasteiger partial charge in [0.2, 0.25) is 0 Å². The summed E-state index contributed by atoms with van der Waals surface area (Å²) in [5, 5.41) is 0. The first-order chi connectivity index (χ1) is 10.3. The second-order valence-electron chi connectivity index (χ2n) is 6.43. The Morgan fingerprint density at radius 2 is 2.14 bits per heavy atom. The van der Waals surface area contributed by atoms with E-state index in [1.165, 1.54) is 0 Å². The van der Waals surface area contributed by atoms with Crippen molar-refractivity contribution in [3.8, 4) is 0 Å². The first-order valence-electron chi connectivity index (χ1n) is 8.46. The van der Waals surface area contributed by atoms with Crippen molar-refractivity contribution in [2.45, 2.75) is 70.2 Å². The van der Waals surface area contributed by atoms with Crippen molar-refractivity contribution in [2.24, 2.45) is 11.8 Å². The molecule has 2 heterocycles. The monoisotopic (exact) mass is 290 g/mol. The number of hydrogen-bond acceptors (Lipinski definition) is 3. The normalized spacial score (nSPS) is 43.1. The third kappa shape index (κ3) is 3.23. The molecule has 0 radical (unpaired) electrons. The molecule has 1 saturated heterocycles. The van der Waals surface area contributed by atoms with Crippen LogP contribution in [0, 0.1) is 11.8 Å². The van der Waals surface area contributed by atoms with Crippen LogP contribution in [0.2, 0.25) is 0 Å². The second-order valence-corrected chi connectivity index (χ2v) is 6.43. The quantitative estimate of drug-likeness (QED) is 0.544. The van der Waals surface area contributed by atoms with E-state index in [0.717, 1.165) is 38.5 Å². The van der Waals surface area contributed by atoms with Gasteiger partial charge in [-0.3, -0.25) is 4.79 Å². The van der Waals surface area contributed by atoms with E-state index in [-0.39, 0.29) is 18.2 Å². The van der Waals surface area contributed by atoms with E-state index in [1.54, 1.807) is 0 Å². The summed E-state index contributed by atoms with van der Waals surface area (Å²) in [6.45, 7) is 2.18. The average Bonchev–Trinajstić information content (AvgIpc) is 2.98. The van der Waals surface area contributed by atoms with Gasteiger partial charge in [0.15, 0.2) is 0 Å². The highest BCUT2D eigenvalue weighted by Crippen LogP contribution is 2.48. The molecule has 2 aliphatic heterocycles. The molecule has 0 N–H and O–H groups in total. The molecule has 0 unspecified atom stereocenters. The summed E-state index contributed by atoms with van der Waals surface area (Å²) < 4.78 is 11.8. The van der Waals surface area contributed by atoms with Gasteiger partial charge in [-0.15, -0.1) is 0 Å². The molecule has 3 aliphatic rings. The van der Waals surface area contributed by atoms with E-state index >= 15 is 0 Å². The number of carbonyl (C=O) groups is 1. The van der Waals surface area contributed by atoms with Gasteiger partial charge in [0.05, 0.1) is 6.10 Å². The van der Waals surface area contributed by atoms with Crippen molar-refractivity contribution in [3.05, 3.63) is 24.3 Å². The molecule has 3 heteroatoms. The molecule has 0 aromatic heterocycles. The van der Waals surface area contributed by atoms with E-state index < -0.39 is 0 Å². The van der Waals surface area contributed by atoms with Crippen molar-refractivity contribution in [3.63, 3.8) is 0 Å². The molecule has 0 aromatic rings. The Hall–Kier alpha value is -1.09. The largest absolute Gasteiger partial charge is 0.460 e. The summed E-state index contributed by atoms with van der Waals surface area (Å²) in [6.07, 6.45) is 16.0. The highest BCUT2D eigenvalue weighted by molar-refractivity contribution is 5.69. The molecule has 5 atom stereocenters. The predicted molar refractivity (Wildman–Crippen MR) is 81.8 cm³/mol. The number of rotatable bonds is 1.